The molecule has 3 heterocycles. The van der Waals surface area contributed by atoms with Gasteiger partial charge in [-0.25, -0.2) is 14.4 Å². The number of likely N-dealkylation sites (tertiary alicyclic amines) is 2. The van der Waals surface area contributed by atoms with Crippen LogP contribution in [0.2, 0.25) is 0 Å². The Hall–Kier alpha value is -2.87. The predicted molar refractivity (Wildman–Crippen MR) is 117 cm³/mol. The van der Waals surface area contributed by atoms with E-state index in [1.54, 1.807) is 24.5 Å². The number of benzene rings is 1. The number of piperidine rings is 2. The SMILES string of the molecule is N=C(c1ccc(F)cc1)C1CCN(C(=O)C2CCN(Cc3cnc(N)nc3)CC2)CC1. The Morgan fingerprint density at radius 3 is 2.19 bits per heavy atom. The summed E-state index contributed by atoms with van der Waals surface area (Å²) in [6.45, 7) is 3.92. The molecule has 3 N–H and O–H groups in total. The van der Waals surface area contributed by atoms with E-state index < -0.39 is 0 Å². The molecule has 1 aromatic heterocycles. The highest BCUT2D eigenvalue weighted by molar-refractivity contribution is 6.00. The zero-order valence-corrected chi connectivity index (χ0v) is 17.6. The summed E-state index contributed by atoms with van der Waals surface area (Å²) in [4.78, 5) is 25.4. The summed E-state index contributed by atoms with van der Waals surface area (Å²) in [5.74, 6) is 0.446. The maximum atomic E-state index is 13.1. The second-order valence-corrected chi connectivity index (χ2v) is 8.52. The van der Waals surface area contributed by atoms with Crippen molar-refractivity contribution in [3.8, 4) is 0 Å². The predicted octanol–water partition coefficient (Wildman–Crippen LogP) is 2.72. The Balaban J connectivity index is 1.23. The second-order valence-electron chi connectivity index (χ2n) is 8.52. The van der Waals surface area contributed by atoms with Crippen molar-refractivity contribution in [2.45, 2.75) is 32.2 Å². The zero-order chi connectivity index (χ0) is 21.8. The molecule has 0 saturated carbocycles. The number of carbonyl (C=O) groups is 1. The second kappa shape index (κ2) is 9.51. The number of halogens is 1. The van der Waals surface area contributed by atoms with E-state index in [0.29, 0.717) is 18.8 Å². The number of nitrogens with two attached hydrogens (primary N) is 1. The molecule has 2 aliphatic rings. The number of nitrogens with zero attached hydrogens (tertiary/aromatic N) is 4. The third-order valence-corrected chi connectivity index (χ3v) is 6.44. The van der Waals surface area contributed by atoms with E-state index >= 15 is 0 Å². The minimum Gasteiger partial charge on any atom is -0.368 e. The average molecular weight is 425 g/mol. The molecule has 0 spiro atoms. The molecule has 4 rings (SSSR count). The molecule has 0 bridgehead atoms. The van der Waals surface area contributed by atoms with Gasteiger partial charge in [0.25, 0.3) is 0 Å². The Morgan fingerprint density at radius 1 is 1.00 bits per heavy atom. The van der Waals surface area contributed by atoms with Crippen LogP contribution in [0, 0.1) is 23.1 Å². The fraction of sp³-hybridized carbons (Fsp3) is 0.478. The molecule has 2 aliphatic heterocycles. The summed E-state index contributed by atoms with van der Waals surface area (Å²) in [6, 6.07) is 6.13. The quantitative estimate of drug-likeness (QED) is 0.719. The minimum atomic E-state index is -0.287. The van der Waals surface area contributed by atoms with Gasteiger partial charge in [0, 0.05) is 55.1 Å². The first kappa shape index (κ1) is 21.4. The zero-order valence-electron chi connectivity index (χ0n) is 17.6. The molecule has 2 saturated heterocycles. The molecule has 0 atom stereocenters. The van der Waals surface area contributed by atoms with Gasteiger partial charge in [0.05, 0.1) is 0 Å². The van der Waals surface area contributed by atoms with Crippen molar-refractivity contribution in [2.75, 3.05) is 31.9 Å². The first-order valence-corrected chi connectivity index (χ1v) is 10.9. The lowest BCUT2D eigenvalue weighted by atomic mass is 9.87. The maximum Gasteiger partial charge on any atom is 0.225 e. The molecule has 31 heavy (non-hydrogen) atoms. The van der Waals surface area contributed by atoms with Crippen LogP contribution in [-0.2, 0) is 11.3 Å². The van der Waals surface area contributed by atoms with E-state index in [0.717, 1.165) is 56.4 Å². The van der Waals surface area contributed by atoms with Crippen LogP contribution in [0.4, 0.5) is 10.3 Å². The first-order valence-electron chi connectivity index (χ1n) is 10.9. The molecule has 8 heteroatoms. The van der Waals surface area contributed by atoms with E-state index in [4.69, 9.17) is 11.1 Å². The van der Waals surface area contributed by atoms with Crippen LogP contribution in [-0.4, -0.2) is 57.6 Å². The summed E-state index contributed by atoms with van der Waals surface area (Å²) in [6.07, 6.45) is 6.82. The molecule has 1 aromatic carbocycles. The lowest BCUT2D eigenvalue weighted by molar-refractivity contribution is -0.138. The van der Waals surface area contributed by atoms with E-state index in [9.17, 15) is 9.18 Å². The molecule has 2 fully saturated rings. The van der Waals surface area contributed by atoms with Crippen LogP contribution in [0.15, 0.2) is 36.7 Å². The van der Waals surface area contributed by atoms with Gasteiger partial charge >= 0.3 is 0 Å². The lowest BCUT2D eigenvalue weighted by Gasteiger charge is -2.37. The fourth-order valence-corrected chi connectivity index (χ4v) is 4.55. The molecule has 2 aromatic rings. The summed E-state index contributed by atoms with van der Waals surface area (Å²) in [5, 5.41) is 8.44. The molecule has 1 amide bonds. The number of anilines is 1. The summed E-state index contributed by atoms with van der Waals surface area (Å²) < 4.78 is 13.1. The Kier molecular flexibility index (Phi) is 6.56. The number of hydrogen-bond acceptors (Lipinski definition) is 6. The van der Waals surface area contributed by atoms with Crippen molar-refractivity contribution in [1.29, 1.82) is 5.41 Å². The van der Waals surface area contributed by atoms with Gasteiger partial charge in [-0.2, -0.15) is 0 Å². The van der Waals surface area contributed by atoms with E-state index in [-0.39, 0.29) is 29.5 Å². The van der Waals surface area contributed by atoms with Crippen molar-refractivity contribution in [3.63, 3.8) is 0 Å². The Labute approximate surface area is 182 Å². The van der Waals surface area contributed by atoms with Crippen molar-refractivity contribution in [3.05, 3.63) is 53.6 Å². The van der Waals surface area contributed by atoms with Crippen LogP contribution in [0.1, 0.15) is 36.8 Å². The highest BCUT2D eigenvalue weighted by Gasteiger charge is 2.32. The van der Waals surface area contributed by atoms with E-state index in [1.807, 2.05) is 4.90 Å². The molecule has 0 unspecified atom stereocenters. The van der Waals surface area contributed by atoms with Gasteiger partial charge in [-0.15, -0.1) is 0 Å². The number of nitrogens with one attached hydrogen (secondary N) is 1. The highest BCUT2D eigenvalue weighted by atomic mass is 19.1. The van der Waals surface area contributed by atoms with Crippen molar-refractivity contribution < 1.29 is 9.18 Å². The molecule has 7 nitrogen and oxygen atoms in total. The lowest BCUT2D eigenvalue weighted by Crippen LogP contribution is -2.46. The topological polar surface area (TPSA) is 99.2 Å². The van der Waals surface area contributed by atoms with Crippen LogP contribution in [0.3, 0.4) is 0 Å². The molecule has 164 valence electrons. The first-order chi connectivity index (χ1) is 15.0. The van der Waals surface area contributed by atoms with Crippen LogP contribution < -0.4 is 5.73 Å². The Bertz CT molecular complexity index is 901. The van der Waals surface area contributed by atoms with Gasteiger partial charge in [0.15, 0.2) is 0 Å². The normalized spacial score (nSPS) is 18.8. The third-order valence-electron chi connectivity index (χ3n) is 6.44. The van der Waals surface area contributed by atoms with Crippen molar-refractivity contribution in [2.24, 2.45) is 11.8 Å². The number of rotatable bonds is 5. The van der Waals surface area contributed by atoms with Crippen LogP contribution in [0.5, 0.6) is 0 Å². The largest absolute Gasteiger partial charge is 0.368 e. The standard InChI is InChI=1S/C23H29FN6O/c24-20-3-1-17(2-4-20)21(25)18-7-11-30(12-8-18)22(31)19-5-9-29(10-6-19)15-16-13-27-23(26)28-14-16/h1-4,13-14,18-19,25H,5-12,15H2,(H2,26,27,28). The summed E-state index contributed by atoms with van der Waals surface area (Å²) >= 11 is 0. The van der Waals surface area contributed by atoms with Gasteiger partial charge in [-0.1, -0.05) is 12.1 Å². The minimum absolute atomic E-state index is 0.0759. The maximum absolute atomic E-state index is 13.1. The average Bonchev–Trinajstić information content (AvgIpc) is 2.81. The third kappa shape index (κ3) is 5.25. The number of aromatic nitrogens is 2. The summed E-state index contributed by atoms with van der Waals surface area (Å²) in [5.41, 5.74) is 7.89. The molecule has 0 radical (unpaired) electrons. The molecule has 0 aliphatic carbocycles. The van der Waals surface area contributed by atoms with E-state index in [2.05, 4.69) is 14.9 Å². The van der Waals surface area contributed by atoms with Crippen molar-refractivity contribution >= 4 is 17.6 Å². The number of amides is 1. The highest BCUT2D eigenvalue weighted by Crippen LogP contribution is 2.26. The van der Waals surface area contributed by atoms with Crippen LogP contribution in [0.25, 0.3) is 0 Å². The Morgan fingerprint density at radius 2 is 1.58 bits per heavy atom. The smallest absolute Gasteiger partial charge is 0.225 e. The monoisotopic (exact) mass is 424 g/mol. The van der Waals surface area contributed by atoms with Gasteiger partial charge in [-0.3, -0.25) is 9.69 Å². The van der Waals surface area contributed by atoms with Gasteiger partial charge < -0.3 is 16.0 Å². The summed E-state index contributed by atoms with van der Waals surface area (Å²) in [7, 11) is 0. The molecular formula is C23H29FN6O. The van der Waals surface area contributed by atoms with Gasteiger partial charge in [0.1, 0.15) is 5.82 Å². The number of carbonyl (C=O) groups excluding carboxylic acids is 1. The van der Waals surface area contributed by atoms with Gasteiger partial charge in [0.2, 0.25) is 11.9 Å². The number of nitrogen functional groups attached to an aromatic ring is 1. The molecular weight excluding hydrogens is 395 g/mol. The van der Waals surface area contributed by atoms with Crippen molar-refractivity contribution in [1.82, 2.24) is 19.8 Å². The fourth-order valence-electron chi connectivity index (χ4n) is 4.55. The number of hydrogen-bond donors (Lipinski definition) is 2. The van der Waals surface area contributed by atoms with Crippen LogP contribution >= 0.6 is 0 Å². The van der Waals surface area contributed by atoms with Gasteiger partial charge in [-0.05, 0) is 56.5 Å². The van der Waals surface area contributed by atoms with E-state index in [1.165, 1.54) is 12.1 Å².